The van der Waals surface area contributed by atoms with E-state index in [1.807, 2.05) is 12.1 Å². The number of amides is 1. The molecule has 2 heterocycles. The third-order valence-corrected chi connectivity index (χ3v) is 4.99. The van der Waals surface area contributed by atoms with Gasteiger partial charge < -0.3 is 19.3 Å². The van der Waals surface area contributed by atoms with E-state index in [9.17, 15) is 14.7 Å². The van der Waals surface area contributed by atoms with Crippen LogP contribution in [0.1, 0.15) is 18.1 Å². The van der Waals surface area contributed by atoms with Gasteiger partial charge in [-0.3, -0.25) is 9.69 Å². The van der Waals surface area contributed by atoms with Crippen LogP contribution in [0.2, 0.25) is 5.02 Å². The smallest absolute Gasteiger partial charge is 0.409 e. The van der Waals surface area contributed by atoms with Crippen LogP contribution < -0.4 is 5.56 Å². The monoisotopic (exact) mass is 405 g/mol. The van der Waals surface area contributed by atoms with Gasteiger partial charge >= 0.3 is 6.09 Å². The van der Waals surface area contributed by atoms with Crippen molar-refractivity contribution in [1.29, 1.82) is 0 Å². The van der Waals surface area contributed by atoms with Gasteiger partial charge in [-0.15, -0.1) is 0 Å². The van der Waals surface area contributed by atoms with E-state index in [-0.39, 0.29) is 11.8 Å². The Kier molecular flexibility index (Phi) is 6.59. The van der Waals surface area contributed by atoms with Crippen LogP contribution in [0.5, 0.6) is 5.75 Å². The molecule has 8 heteroatoms. The lowest BCUT2D eigenvalue weighted by Crippen LogP contribution is -2.48. The van der Waals surface area contributed by atoms with Gasteiger partial charge in [0.1, 0.15) is 0 Å². The van der Waals surface area contributed by atoms with E-state index in [1.165, 1.54) is 4.57 Å². The molecular weight excluding hydrogens is 382 g/mol. The summed E-state index contributed by atoms with van der Waals surface area (Å²) in [5.41, 5.74) is 1.04. The molecule has 0 unspecified atom stereocenters. The molecule has 1 saturated heterocycles. The highest BCUT2D eigenvalue weighted by Crippen LogP contribution is 2.17. The molecule has 1 aliphatic rings. The second-order valence-corrected chi connectivity index (χ2v) is 7.15. The Morgan fingerprint density at radius 1 is 1.18 bits per heavy atom. The quantitative estimate of drug-likeness (QED) is 0.827. The third-order valence-electron chi connectivity index (χ3n) is 4.76. The third kappa shape index (κ3) is 4.85. The molecule has 1 aliphatic heterocycles. The number of nitrogens with zero attached hydrogens (tertiary/aromatic N) is 3. The van der Waals surface area contributed by atoms with Gasteiger partial charge in [0.25, 0.3) is 5.56 Å². The molecule has 0 aliphatic carbocycles. The molecular formula is C20H24ClN3O4. The highest BCUT2D eigenvalue weighted by molar-refractivity contribution is 6.30. The largest absolute Gasteiger partial charge is 0.503 e. The van der Waals surface area contributed by atoms with Crippen LogP contribution in [0.3, 0.4) is 0 Å². The molecule has 1 aromatic heterocycles. The number of ether oxygens (including phenoxy) is 1. The Balaban J connectivity index is 1.64. The van der Waals surface area contributed by atoms with Crippen LogP contribution in [-0.2, 0) is 17.8 Å². The number of carbonyl (C=O) groups is 1. The number of aromatic hydroxyl groups is 1. The lowest BCUT2D eigenvalue weighted by molar-refractivity contribution is 0.0776. The molecule has 1 aromatic carbocycles. The molecule has 150 valence electrons. The zero-order chi connectivity index (χ0) is 20.1. The summed E-state index contributed by atoms with van der Waals surface area (Å²) in [6, 6.07) is 9.04. The van der Waals surface area contributed by atoms with Gasteiger partial charge in [0.2, 0.25) is 0 Å². The molecule has 3 rings (SSSR count). The predicted molar refractivity (Wildman–Crippen MR) is 107 cm³/mol. The predicted octanol–water partition coefficient (Wildman–Crippen LogP) is 2.53. The lowest BCUT2D eigenvalue weighted by Gasteiger charge is -2.34. The summed E-state index contributed by atoms with van der Waals surface area (Å²) in [6.07, 6.45) is 1.39. The van der Waals surface area contributed by atoms with E-state index in [0.717, 1.165) is 5.56 Å². The molecule has 0 bridgehead atoms. The molecule has 28 heavy (non-hydrogen) atoms. The van der Waals surface area contributed by atoms with Crippen LogP contribution in [0.25, 0.3) is 0 Å². The van der Waals surface area contributed by atoms with Crippen molar-refractivity contribution in [3.63, 3.8) is 0 Å². The summed E-state index contributed by atoms with van der Waals surface area (Å²) in [6.45, 7) is 5.37. The van der Waals surface area contributed by atoms with Gasteiger partial charge in [-0.2, -0.15) is 0 Å². The van der Waals surface area contributed by atoms with E-state index in [0.29, 0.717) is 56.5 Å². The number of hydrogen-bond donors (Lipinski definition) is 1. The van der Waals surface area contributed by atoms with Gasteiger partial charge in [0.15, 0.2) is 5.75 Å². The topological polar surface area (TPSA) is 75.0 Å². The molecule has 1 fully saturated rings. The fraction of sp³-hybridized carbons (Fsp3) is 0.400. The van der Waals surface area contributed by atoms with Crippen molar-refractivity contribution in [2.24, 2.45) is 0 Å². The Morgan fingerprint density at radius 3 is 2.61 bits per heavy atom. The van der Waals surface area contributed by atoms with Crippen molar-refractivity contribution in [1.82, 2.24) is 14.4 Å². The molecule has 1 amide bonds. The standard InChI is InChI=1S/C20H24ClN3O4/c1-2-28-20(27)23-10-8-22(9-11-23)14-16-6-7-24(19(26)18(16)25)13-15-4-3-5-17(21)12-15/h3-7,12,25H,2,8-11,13-14H2,1H3. The second-order valence-electron chi connectivity index (χ2n) is 6.71. The van der Waals surface area contributed by atoms with Gasteiger partial charge in [-0.25, -0.2) is 4.79 Å². The van der Waals surface area contributed by atoms with Crippen molar-refractivity contribution in [2.75, 3.05) is 32.8 Å². The minimum Gasteiger partial charge on any atom is -0.503 e. The van der Waals surface area contributed by atoms with E-state index in [4.69, 9.17) is 16.3 Å². The maximum Gasteiger partial charge on any atom is 0.409 e. The highest BCUT2D eigenvalue weighted by atomic mass is 35.5. The number of hydrogen-bond acceptors (Lipinski definition) is 5. The van der Waals surface area contributed by atoms with Crippen LogP contribution in [0.4, 0.5) is 4.79 Å². The Morgan fingerprint density at radius 2 is 1.93 bits per heavy atom. The average molecular weight is 406 g/mol. The Hall–Kier alpha value is -2.51. The van der Waals surface area contributed by atoms with Crippen molar-refractivity contribution >= 4 is 17.7 Å². The number of rotatable bonds is 5. The first-order chi connectivity index (χ1) is 13.5. The zero-order valence-corrected chi connectivity index (χ0v) is 16.6. The molecule has 1 N–H and O–H groups in total. The second kappa shape index (κ2) is 9.12. The Labute approximate surface area is 168 Å². The highest BCUT2D eigenvalue weighted by Gasteiger charge is 2.23. The Bertz CT molecular complexity index is 891. The van der Waals surface area contributed by atoms with E-state index in [2.05, 4.69) is 4.90 Å². The van der Waals surface area contributed by atoms with Gasteiger partial charge in [0.05, 0.1) is 13.2 Å². The summed E-state index contributed by atoms with van der Waals surface area (Å²) in [4.78, 5) is 28.1. The number of benzene rings is 1. The molecule has 7 nitrogen and oxygen atoms in total. The summed E-state index contributed by atoms with van der Waals surface area (Å²) >= 11 is 5.99. The SMILES string of the molecule is CCOC(=O)N1CCN(Cc2ccn(Cc3cccc(Cl)c3)c(=O)c2O)CC1. The maximum atomic E-state index is 12.5. The first-order valence-corrected chi connectivity index (χ1v) is 9.65. The summed E-state index contributed by atoms with van der Waals surface area (Å²) in [7, 11) is 0. The van der Waals surface area contributed by atoms with Crippen molar-refractivity contribution in [3.8, 4) is 5.75 Å². The number of aromatic nitrogens is 1. The van der Waals surface area contributed by atoms with Crippen molar-refractivity contribution in [2.45, 2.75) is 20.0 Å². The molecule has 0 spiro atoms. The van der Waals surface area contributed by atoms with Crippen molar-refractivity contribution < 1.29 is 14.6 Å². The van der Waals surface area contributed by atoms with E-state index >= 15 is 0 Å². The van der Waals surface area contributed by atoms with Crippen LogP contribution in [0.15, 0.2) is 41.3 Å². The summed E-state index contributed by atoms with van der Waals surface area (Å²) in [5.74, 6) is -0.239. The first-order valence-electron chi connectivity index (χ1n) is 9.27. The normalized spacial score (nSPS) is 14.9. The molecule has 0 radical (unpaired) electrons. The summed E-state index contributed by atoms with van der Waals surface area (Å²) < 4.78 is 6.48. The average Bonchev–Trinajstić information content (AvgIpc) is 2.68. The maximum absolute atomic E-state index is 12.5. The number of halogens is 1. The minimum atomic E-state index is -0.428. The van der Waals surface area contributed by atoms with Crippen LogP contribution in [-0.4, -0.2) is 58.4 Å². The van der Waals surface area contributed by atoms with E-state index in [1.54, 1.807) is 36.2 Å². The van der Waals surface area contributed by atoms with Gasteiger partial charge in [-0.1, -0.05) is 23.7 Å². The summed E-state index contributed by atoms with van der Waals surface area (Å²) in [5, 5.41) is 11.0. The van der Waals surface area contributed by atoms with Crippen LogP contribution in [0, 0.1) is 0 Å². The van der Waals surface area contributed by atoms with Crippen molar-refractivity contribution in [3.05, 3.63) is 63.0 Å². The van der Waals surface area contributed by atoms with E-state index < -0.39 is 5.56 Å². The molecule has 0 atom stereocenters. The molecule has 2 aromatic rings. The van der Waals surface area contributed by atoms with Crippen LogP contribution >= 0.6 is 11.6 Å². The fourth-order valence-corrected chi connectivity index (χ4v) is 3.44. The minimum absolute atomic E-state index is 0.239. The molecule has 0 saturated carbocycles. The first kappa shape index (κ1) is 20.2. The zero-order valence-electron chi connectivity index (χ0n) is 15.8. The fourth-order valence-electron chi connectivity index (χ4n) is 3.23. The lowest BCUT2D eigenvalue weighted by atomic mass is 10.2. The van der Waals surface area contributed by atoms with Gasteiger partial charge in [0, 0.05) is 49.5 Å². The van der Waals surface area contributed by atoms with Gasteiger partial charge in [-0.05, 0) is 30.7 Å². The number of pyridine rings is 1. The number of piperazine rings is 1. The number of carbonyl (C=O) groups excluding carboxylic acids is 1.